The fourth-order valence-corrected chi connectivity index (χ4v) is 4.18. The first-order chi connectivity index (χ1) is 9.15. The summed E-state index contributed by atoms with van der Waals surface area (Å²) in [5.74, 6) is 1.50. The largest absolute Gasteiger partial charge is 0.480 e. The van der Waals surface area contributed by atoms with Crippen LogP contribution in [0.2, 0.25) is 0 Å². The highest BCUT2D eigenvalue weighted by Gasteiger charge is 2.27. The topological polar surface area (TPSA) is 63.3 Å². The number of carbonyl (C=O) groups is 1. The molecule has 0 aromatic carbocycles. The maximum atomic E-state index is 10.8. The Labute approximate surface area is 116 Å². The number of carboxylic acids is 1. The number of carboxylic acid groups (broad SMARTS) is 1. The molecule has 2 aliphatic carbocycles. The maximum absolute atomic E-state index is 10.8. The van der Waals surface area contributed by atoms with E-state index in [0.29, 0.717) is 12.3 Å². The molecule has 0 heterocycles. The van der Waals surface area contributed by atoms with E-state index in [1.807, 2.05) is 0 Å². The van der Waals surface area contributed by atoms with Crippen LogP contribution in [0.1, 0.15) is 70.6 Å². The molecule has 3 unspecified atom stereocenters. The molecule has 0 spiro atoms. The highest BCUT2D eigenvalue weighted by Crippen LogP contribution is 2.38. The van der Waals surface area contributed by atoms with Gasteiger partial charge in [-0.2, -0.15) is 0 Å². The lowest BCUT2D eigenvalue weighted by molar-refractivity contribution is -0.139. The molecule has 3 nitrogen and oxygen atoms in total. The van der Waals surface area contributed by atoms with E-state index in [-0.39, 0.29) is 0 Å². The van der Waals surface area contributed by atoms with Crippen molar-refractivity contribution in [3.63, 3.8) is 0 Å². The van der Waals surface area contributed by atoms with Crippen molar-refractivity contribution in [2.45, 2.75) is 76.7 Å². The quantitative estimate of drug-likeness (QED) is 0.800. The van der Waals surface area contributed by atoms with E-state index >= 15 is 0 Å². The predicted molar refractivity (Wildman–Crippen MR) is 76.9 cm³/mol. The molecule has 3 atom stereocenters. The van der Waals surface area contributed by atoms with E-state index in [9.17, 15) is 4.79 Å². The first-order valence-electron chi connectivity index (χ1n) is 8.13. The molecule has 2 aliphatic rings. The van der Waals surface area contributed by atoms with E-state index in [1.54, 1.807) is 0 Å². The molecule has 19 heavy (non-hydrogen) atoms. The molecule has 0 aromatic heterocycles. The van der Waals surface area contributed by atoms with Crippen LogP contribution >= 0.6 is 0 Å². The average Bonchev–Trinajstić information content (AvgIpc) is 2.40. The van der Waals surface area contributed by atoms with Crippen LogP contribution in [0.3, 0.4) is 0 Å². The van der Waals surface area contributed by atoms with Gasteiger partial charge in [0.1, 0.15) is 6.04 Å². The second-order valence-electron chi connectivity index (χ2n) is 6.82. The highest BCUT2D eigenvalue weighted by molar-refractivity contribution is 5.73. The van der Waals surface area contributed by atoms with Gasteiger partial charge in [0, 0.05) is 0 Å². The Balaban J connectivity index is 1.74. The van der Waals surface area contributed by atoms with Crippen molar-refractivity contribution < 1.29 is 9.90 Å². The molecule has 0 aliphatic heterocycles. The Morgan fingerprint density at radius 2 is 1.63 bits per heavy atom. The highest BCUT2D eigenvalue weighted by atomic mass is 16.4. The summed E-state index contributed by atoms with van der Waals surface area (Å²) in [6.07, 6.45) is 14.2. The summed E-state index contributed by atoms with van der Waals surface area (Å²) in [7, 11) is 0. The molecule has 3 heteroatoms. The molecule has 2 fully saturated rings. The van der Waals surface area contributed by atoms with Gasteiger partial charge >= 0.3 is 5.97 Å². The van der Waals surface area contributed by atoms with Gasteiger partial charge < -0.3 is 10.8 Å². The number of hydrogen-bond donors (Lipinski definition) is 2. The number of nitrogens with two attached hydrogens (primary N) is 1. The van der Waals surface area contributed by atoms with Gasteiger partial charge in [-0.3, -0.25) is 4.79 Å². The summed E-state index contributed by atoms with van der Waals surface area (Å²) in [4.78, 5) is 10.8. The molecule has 3 N–H and O–H groups in total. The molecule has 0 radical (unpaired) electrons. The smallest absolute Gasteiger partial charge is 0.320 e. The second-order valence-corrected chi connectivity index (χ2v) is 6.82. The lowest BCUT2D eigenvalue weighted by atomic mass is 9.73. The zero-order valence-corrected chi connectivity index (χ0v) is 12.0. The van der Waals surface area contributed by atoms with Crippen molar-refractivity contribution in [3.8, 4) is 0 Å². The average molecular weight is 267 g/mol. The van der Waals surface area contributed by atoms with E-state index in [2.05, 4.69) is 0 Å². The van der Waals surface area contributed by atoms with Gasteiger partial charge in [-0.25, -0.2) is 0 Å². The lowest BCUT2D eigenvalue weighted by Crippen LogP contribution is -2.33. The van der Waals surface area contributed by atoms with Crippen LogP contribution in [0, 0.1) is 17.8 Å². The van der Waals surface area contributed by atoms with E-state index in [4.69, 9.17) is 10.8 Å². The van der Waals surface area contributed by atoms with Gasteiger partial charge in [0.25, 0.3) is 0 Å². The first kappa shape index (κ1) is 14.8. The third kappa shape index (κ3) is 4.79. The molecule has 0 bridgehead atoms. The van der Waals surface area contributed by atoms with Gasteiger partial charge in [-0.1, -0.05) is 51.4 Å². The molecule has 0 amide bonds. The van der Waals surface area contributed by atoms with Crippen molar-refractivity contribution in [3.05, 3.63) is 0 Å². The molecule has 2 saturated carbocycles. The molecule has 0 saturated heterocycles. The van der Waals surface area contributed by atoms with Gasteiger partial charge in [0.05, 0.1) is 0 Å². The Bertz CT molecular complexity index is 286. The minimum Gasteiger partial charge on any atom is -0.480 e. The summed E-state index contributed by atoms with van der Waals surface area (Å²) >= 11 is 0. The molecular weight excluding hydrogens is 238 g/mol. The van der Waals surface area contributed by atoms with Gasteiger partial charge in [0.2, 0.25) is 0 Å². The third-order valence-electron chi connectivity index (χ3n) is 5.19. The second kappa shape index (κ2) is 7.28. The zero-order chi connectivity index (χ0) is 13.7. The van der Waals surface area contributed by atoms with Crippen molar-refractivity contribution in [2.24, 2.45) is 23.5 Å². The van der Waals surface area contributed by atoms with E-state index in [0.717, 1.165) is 11.8 Å². The fourth-order valence-electron chi connectivity index (χ4n) is 4.18. The number of aliphatic carboxylic acids is 1. The van der Waals surface area contributed by atoms with Crippen LogP contribution in [0.25, 0.3) is 0 Å². The molecule has 110 valence electrons. The van der Waals surface area contributed by atoms with Crippen LogP contribution in [-0.2, 0) is 4.79 Å². The molecule has 0 aromatic rings. The van der Waals surface area contributed by atoms with Crippen molar-refractivity contribution >= 4 is 5.97 Å². The predicted octanol–water partition coefficient (Wildman–Crippen LogP) is 3.57. The van der Waals surface area contributed by atoms with Crippen LogP contribution in [-0.4, -0.2) is 17.1 Å². The van der Waals surface area contributed by atoms with Crippen molar-refractivity contribution in [1.29, 1.82) is 0 Å². The third-order valence-corrected chi connectivity index (χ3v) is 5.19. The summed E-state index contributed by atoms with van der Waals surface area (Å²) in [5, 5.41) is 8.91. The SMILES string of the molecule is NC(CC1CCCC(CC2CCCCC2)C1)C(=O)O. The van der Waals surface area contributed by atoms with Gasteiger partial charge in [-0.15, -0.1) is 0 Å². The number of hydrogen-bond acceptors (Lipinski definition) is 2. The first-order valence-corrected chi connectivity index (χ1v) is 8.13. The van der Waals surface area contributed by atoms with Crippen molar-refractivity contribution in [2.75, 3.05) is 0 Å². The Morgan fingerprint density at radius 1 is 1.00 bits per heavy atom. The summed E-state index contributed by atoms with van der Waals surface area (Å²) in [6.45, 7) is 0. The zero-order valence-electron chi connectivity index (χ0n) is 12.0. The van der Waals surface area contributed by atoms with Gasteiger partial charge in [0.15, 0.2) is 0 Å². The van der Waals surface area contributed by atoms with Crippen LogP contribution in [0.4, 0.5) is 0 Å². The fraction of sp³-hybridized carbons (Fsp3) is 0.938. The standard InChI is InChI=1S/C16H29NO2/c17-15(16(18)19)11-14-8-4-7-13(10-14)9-12-5-2-1-3-6-12/h12-15H,1-11,17H2,(H,18,19). The number of rotatable bonds is 5. The summed E-state index contributed by atoms with van der Waals surface area (Å²) in [5.41, 5.74) is 5.68. The summed E-state index contributed by atoms with van der Waals surface area (Å²) < 4.78 is 0. The summed E-state index contributed by atoms with van der Waals surface area (Å²) in [6, 6.07) is -0.654. The Kier molecular flexibility index (Phi) is 5.68. The van der Waals surface area contributed by atoms with Crippen molar-refractivity contribution in [1.82, 2.24) is 0 Å². The molecular formula is C16H29NO2. The minimum absolute atomic E-state index is 0.549. The normalized spacial score (nSPS) is 31.0. The van der Waals surface area contributed by atoms with Crippen LogP contribution in [0.5, 0.6) is 0 Å². The van der Waals surface area contributed by atoms with E-state index in [1.165, 1.54) is 64.2 Å². The van der Waals surface area contributed by atoms with Gasteiger partial charge in [-0.05, 0) is 37.0 Å². The van der Waals surface area contributed by atoms with Crippen LogP contribution in [0.15, 0.2) is 0 Å². The minimum atomic E-state index is -0.839. The Morgan fingerprint density at radius 3 is 2.32 bits per heavy atom. The van der Waals surface area contributed by atoms with Crippen LogP contribution < -0.4 is 5.73 Å². The van der Waals surface area contributed by atoms with E-state index < -0.39 is 12.0 Å². The Hall–Kier alpha value is -0.570. The molecule has 2 rings (SSSR count). The maximum Gasteiger partial charge on any atom is 0.320 e. The lowest BCUT2D eigenvalue weighted by Gasteiger charge is -2.33. The monoisotopic (exact) mass is 267 g/mol.